The average Bonchev–Trinajstić information content (AvgIpc) is 3.44. The first-order valence-corrected chi connectivity index (χ1v) is 27.1. The van der Waals surface area contributed by atoms with Crippen LogP contribution in [0, 0.1) is 16.7 Å². The Morgan fingerprint density at radius 1 is 0.734 bits per heavy atom. The summed E-state index contributed by atoms with van der Waals surface area (Å²) in [6.07, 6.45) is -3.24. The number of Topliss-reactive ketones (excluding diaryl/α,β-unsaturated/α-hetero) is 2. The van der Waals surface area contributed by atoms with Gasteiger partial charge < -0.3 is 72.1 Å². The van der Waals surface area contributed by atoms with Crippen LogP contribution in [0.15, 0.2) is 72.8 Å². The number of amides is 2. The van der Waals surface area contributed by atoms with Gasteiger partial charge in [-0.2, -0.15) is 5.26 Å². The molecule has 0 radical (unpaired) electrons. The highest BCUT2D eigenvalue weighted by molar-refractivity contribution is 7.44. The number of ketones is 2. The van der Waals surface area contributed by atoms with Gasteiger partial charge in [-0.3, -0.25) is 24.0 Å². The van der Waals surface area contributed by atoms with Gasteiger partial charge in [0.15, 0.2) is 29.1 Å². The van der Waals surface area contributed by atoms with E-state index in [0.29, 0.717) is 17.2 Å². The summed E-state index contributed by atoms with van der Waals surface area (Å²) in [5.74, 6) is -2.04. The van der Waals surface area contributed by atoms with Gasteiger partial charge in [-0.1, -0.05) is 36.4 Å². The Bertz CT molecular complexity index is 2400. The Labute approximate surface area is 463 Å². The molecule has 0 aromatic heterocycles. The lowest BCUT2D eigenvalue weighted by Gasteiger charge is -2.54. The van der Waals surface area contributed by atoms with Gasteiger partial charge in [-0.25, -0.2) is 4.67 Å². The zero-order valence-electron chi connectivity index (χ0n) is 47.0. The molecule has 434 valence electrons. The Morgan fingerprint density at radius 2 is 1.23 bits per heavy atom. The van der Waals surface area contributed by atoms with Crippen molar-refractivity contribution >= 4 is 37.9 Å². The number of nitrogens with zero attached hydrogens (tertiary/aromatic N) is 3. The third-order valence-corrected chi connectivity index (χ3v) is 15.7. The summed E-state index contributed by atoms with van der Waals surface area (Å²) in [5, 5.41) is 35.2. The topological polar surface area (TPSA) is 270 Å². The zero-order valence-corrected chi connectivity index (χ0v) is 47.9. The van der Waals surface area contributed by atoms with Gasteiger partial charge in [0.2, 0.25) is 11.8 Å². The van der Waals surface area contributed by atoms with Crippen molar-refractivity contribution in [1.82, 2.24) is 14.9 Å². The second kappa shape index (κ2) is 29.2. The van der Waals surface area contributed by atoms with Gasteiger partial charge >= 0.3 is 5.97 Å². The maximum Gasteiger partial charge on any atom is 0.302 e. The van der Waals surface area contributed by atoms with E-state index in [1.807, 2.05) is 72.8 Å². The molecule has 79 heavy (non-hydrogen) atoms. The van der Waals surface area contributed by atoms with Crippen LogP contribution >= 0.6 is 8.53 Å². The molecule has 0 spiro atoms. The van der Waals surface area contributed by atoms with Crippen LogP contribution in [0.4, 0.5) is 0 Å². The molecule has 2 heterocycles. The van der Waals surface area contributed by atoms with E-state index in [2.05, 4.69) is 43.8 Å². The molecule has 2 fully saturated rings. The Morgan fingerprint density at radius 3 is 1.67 bits per heavy atom. The molecule has 2 saturated heterocycles. The van der Waals surface area contributed by atoms with Crippen LogP contribution < -0.4 is 19.5 Å². The molecular formula is C56H77N4O18P. The molecule has 3 N–H and O–H groups in total. The number of hydrogen-bond donors (Lipinski definition) is 3. The standard InChI is InChI=1S/C56H77N4O18P/c1-37(2)60(38(3)4)79(76-26-12-25-57)77-36-53(35-75-54(43-13-19-46(68-9)20-14-43,44-15-21-47(69-10)22-16-44)45-17-23-48(70-11)24-18-45)33-59(34-53)50(65)32-72-28-27-71-29-30-73-52-51(58-41(7)63)56(67,40(6)62)55(66,39(5)61)49(78-52)31-74-42(8)64/h13-24,37-38,49,51-52,66-67H,12,26-36H2,1-11H3,(H,58,63)/t49-,51+,52-,55+,56-,79?/m1/s1. The Kier molecular flexibility index (Phi) is 23.7. The first kappa shape index (κ1) is 64.2. The number of methoxy groups -OCH3 is 3. The fraction of sp³-hybridized carbons (Fsp3) is 0.571. The minimum absolute atomic E-state index is 0.00116. The van der Waals surface area contributed by atoms with Crippen LogP contribution in [0.1, 0.15) is 78.5 Å². The number of carbonyl (C=O) groups is 5. The summed E-state index contributed by atoms with van der Waals surface area (Å²) < 4.78 is 67.4. The van der Waals surface area contributed by atoms with Crippen molar-refractivity contribution in [2.75, 3.05) is 93.9 Å². The number of nitriles is 1. The molecule has 3 aromatic rings. The molecule has 2 aliphatic rings. The van der Waals surface area contributed by atoms with Crippen molar-refractivity contribution in [1.29, 1.82) is 5.26 Å². The van der Waals surface area contributed by atoms with E-state index in [0.717, 1.165) is 44.4 Å². The smallest absolute Gasteiger partial charge is 0.302 e. The van der Waals surface area contributed by atoms with Crippen molar-refractivity contribution in [2.45, 2.75) is 109 Å². The van der Waals surface area contributed by atoms with Crippen molar-refractivity contribution in [3.63, 3.8) is 0 Å². The van der Waals surface area contributed by atoms with Crippen LogP contribution in [0.3, 0.4) is 0 Å². The zero-order chi connectivity index (χ0) is 58.1. The molecule has 0 bridgehead atoms. The van der Waals surface area contributed by atoms with E-state index in [1.54, 1.807) is 26.2 Å². The average molecular weight is 1130 g/mol. The largest absolute Gasteiger partial charge is 0.497 e. The lowest BCUT2D eigenvalue weighted by molar-refractivity contribution is -0.317. The van der Waals surface area contributed by atoms with E-state index < -0.39 is 79.2 Å². The van der Waals surface area contributed by atoms with Crippen molar-refractivity contribution in [3.05, 3.63) is 89.5 Å². The fourth-order valence-corrected chi connectivity index (χ4v) is 11.5. The van der Waals surface area contributed by atoms with Crippen molar-refractivity contribution in [2.24, 2.45) is 5.41 Å². The molecule has 2 aliphatic heterocycles. The molecule has 0 aliphatic carbocycles. The van der Waals surface area contributed by atoms with Crippen LogP contribution in [-0.2, 0) is 67.0 Å². The molecule has 23 heteroatoms. The highest BCUT2D eigenvalue weighted by atomic mass is 31.2. The normalized spacial score (nSPS) is 21.2. The number of ether oxygens (including phenoxy) is 9. The van der Waals surface area contributed by atoms with Gasteiger partial charge in [-0.05, 0) is 94.6 Å². The van der Waals surface area contributed by atoms with Crippen molar-refractivity contribution < 1.29 is 85.9 Å². The minimum atomic E-state index is -2.97. The molecular weight excluding hydrogens is 1050 g/mol. The number of hydrogen-bond acceptors (Lipinski definition) is 20. The number of aliphatic hydroxyl groups is 2. The monoisotopic (exact) mass is 1120 g/mol. The second-order valence-corrected chi connectivity index (χ2v) is 21.3. The van der Waals surface area contributed by atoms with E-state index >= 15 is 0 Å². The number of carbonyl (C=O) groups excluding carboxylic acids is 5. The first-order chi connectivity index (χ1) is 37.6. The van der Waals surface area contributed by atoms with E-state index in [-0.39, 0.29) is 90.4 Å². The molecule has 3 aromatic carbocycles. The SMILES string of the molecule is COc1ccc(C(OCC2(COP(OCCC#N)N(C(C)C)C(C)C)CN(C(=O)COCCOCCO[C@@H]3O[C@H](COC(C)=O)[C@@](O)(C(C)=O)[C@@](O)(C(C)=O)[C@H]3NC(C)=O)C2)(c2ccc(OC)cc2)c2ccc(OC)cc2)cc1. The van der Waals surface area contributed by atoms with Gasteiger partial charge in [0.1, 0.15) is 48.2 Å². The van der Waals surface area contributed by atoms with Crippen LogP contribution in [-0.4, -0.2) is 185 Å². The summed E-state index contributed by atoms with van der Waals surface area (Å²) in [4.78, 5) is 65.5. The maximum absolute atomic E-state index is 13.9. The van der Waals surface area contributed by atoms with Crippen LogP contribution in [0.5, 0.6) is 17.2 Å². The number of rotatable bonds is 32. The quantitative estimate of drug-likeness (QED) is 0.0333. The van der Waals surface area contributed by atoms with Crippen LogP contribution in [0.2, 0.25) is 0 Å². The van der Waals surface area contributed by atoms with Gasteiger partial charge in [0.25, 0.3) is 8.53 Å². The third kappa shape index (κ3) is 15.2. The summed E-state index contributed by atoms with van der Waals surface area (Å²) in [5.41, 5.74) is -5.53. The molecule has 22 nitrogen and oxygen atoms in total. The summed E-state index contributed by atoms with van der Waals surface area (Å²) in [6, 6.07) is 23.4. The molecule has 0 saturated carbocycles. The minimum Gasteiger partial charge on any atom is -0.497 e. The van der Waals surface area contributed by atoms with Crippen molar-refractivity contribution in [3.8, 4) is 23.3 Å². The molecule has 5 rings (SSSR count). The fourth-order valence-electron chi connectivity index (χ4n) is 9.73. The predicted molar refractivity (Wildman–Crippen MR) is 287 cm³/mol. The number of likely N-dealkylation sites (tertiary alicyclic amines) is 1. The van der Waals surface area contributed by atoms with E-state index in [9.17, 15) is 39.4 Å². The first-order valence-electron chi connectivity index (χ1n) is 25.9. The summed E-state index contributed by atoms with van der Waals surface area (Å²) in [7, 11) is 3.14. The highest BCUT2D eigenvalue weighted by Gasteiger charge is 2.71. The summed E-state index contributed by atoms with van der Waals surface area (Å²) in [6.45, 7) is 11.7. The number of nitrogens with one attached hydrogen (secondary N) is 1. The van der Waals surface area contributed by atoms with Gasteiger partial charge in [0.05, 0.1) is 85.5 Å². The second-order valence-electron chi connectivity index (χ2n) is 19.9. The Balaban J connectivity index is 1.32. The number of esters is 1. The Hall–Kier alpha value is -5.67. The summed E-state index contributed by atoms with van der Waals surface area (Å²) >= 11 is 0. The van der Waals surface area contributed by atoms with Crippen LogP contribution in [0.25, 0.3) is 0 Å². The maximum atomic E-state index is 13.9. The lowest BCUT2D eigenvalue weighted by Crippen LogP contribution is -2.82. The number of benzene rings is 3. The predicted octanol–water partition coefficient (Wildman–Crippen LogP) is 4.62. The molecule has 2 amide bonds. The van der Waals surface area contributed by atoms with E-state index in [4.69, 9.17) is 51.7 Å². The molecule has 6 atom stereocenters. The van der Waals surface area contributed by atoms with Gasteiger partial charge in [-0.15, -0.1) is 0 Å². The highest BCUT2D eigenvalue weighted by Crippen LogP contribution is 2.50. The molecule has 1 unspecified atom stereocenters. The lowest BCUT2D eigenvalue weighted by atomic mass is 9.67. The third-order valence-electron chi connectivity index (χ3n) is 13.7. The van der Waals surface area contributed by atoms with Gasteiger partial charge in [0, 0.05) is 39.0 Å². The van der Waals surface area contributed by atoms with E-state index in [1.165, 1.54) is 0 Å².